The Balaban J connectivity index is 1.92. The van der Waals surface area contributed by atoms with Gasteiger partial charge < -0.3 is 10.1 Å². The molecule has 0 spiro atoms. The van der Waals surface area contributed by atoms with Gasteiger partial charge in [0.1, 0.15) is 5.75 Å². The van der Waals surface area contributed by atoms with E-state index in [0.717, 1.165) is 29.0 Å². The van der Waals surface area contributed by atoms with Crippen LogP contribution in [0.4, 0.5) is 5.69 Å². The maximum Gasteiger partial charge on any atom is 0.262 e. The van der Waals surface area contributed by atoms with Gasteiger partial charge in [-0.05, 0) is 37.1 Å². The summed E-state index contributed by atoms with van der Waals surface area (Å²) in [6.45, 7) is 5.71. The summed E-state index contributed by atoms with van der Waals surface area (Å²) in [5.74, 6) is 0.545. The highest BCUT2D eigenvalue weighted by molar-refractivity contribution is 5.91. The van der Waals surface area contributed by atoms with Crippen molar-refractivity contribution in [2.45, 2.75) is 13.3 Å². The highest BCUT2D eigenvalue weighted by atomic mass is 16.5. The van der Waals surface area contributed by atoms with E-state index in [9.17, 15) is 4.79 Å². The summed E-state index contributed by atoms with van der Waals surface area (Å²) in [5, 5.41) is 2.81. The van der Waals surface area contributed by atoms with Crippen LogP contribution in [-0.4, -0.2) is 12.5 Å². The summed E-state index contributed by atoms with van der Waals surface area (Å²) in [5.41, 5.74) is 2.95. The SMILES string of the molecule is C=CCc1ccccc1OCC(=O)Nc1ccc(C)cc1. The van der Waals surface area contributed by atoms with E-state index in [-0.39, 0.29) is 12.5 Å². The molecule has 108 valence electrons. The van der Waals surface area contributed by atoms with Gasteiger partial charge in [-0.15, -0.1) is 6.58 Å². The Bertz CT molecular complexity index is 617. The number of hydrogen-bond acceptors (Lipinski definition) is 2. The van der Waals surface area contributed by atoms with Gasteiger partial charge in [0, 0.05) is 5.69 Å². The average Bonchev–Trinajstić information content (AvgIpc) is 2.49. The van der Waals surface area contributed by atoms with Crippen LogP contribution < -0.4 is 10.1 Å². The molecule has 0 bridgehead atoms. The van der Waals surface area contributed by atoms with Crippen molar-refractivity contribution >= 4 is 11.6 Å². The van der Waals surface area contributed by atoms with Gasteiger partial charge in [0.15, 0.2) is 6.61 Å². The minimum atomic E-state index is -0.174. The molecular formula is C18H19NO2. The van der Waals surface area contributed by atoms with Gasteiger partial charge in [0.2, 0.25) is 0 Å². The molecule has 1 N–H and O–H groups in total. The maximum absolute atomic E-state index is 11.9. The number of carbonyl (C=O) groups excluding carboxylic acids is 1. The third-order valence-corrected chi connectivity index (χ3v) is 3.03. The molecule has 0 atom stereocenters. The van der Waals surface area contributed by atoms with Crippen LogP contribution in [0, 0.1) is 6.92 Å². The summed E-state index contributed by atoms with van der Waals surface area (Å²) < 4.78 is 5.59. The lowest BCUT2D eigenvalue weighted by Crippen LogP contribution is -2.20. The van der Waals surface area contributed by atoms with Crippen LogP contribution in [0.15, 0.2) is 61.2 Å². The molecule has 0 unspecified atom stereocenters. The summed E-state index contributed by atoms with van der Waals surface area (Å²) in [6.07, 6.45) is 2.53. The van der Waals surface area contributed by atoms with Crippen molar-refractivity contribution in [1.82, 2.24) is 0 Å². The van der Waals surface area contributed by atoms with Crippen molar-refractivity contribution in [3.05, 3.63) is 72.3 Å². The lowest BCUT2D eigenvalue weighted by Gasteiger charge is -2.10. The Hall–Kier alpha value is -2.55. The van der Waals surface area contributed by atoms with Crippen LogP contribution in [-0.2, 0) is 11.2 Å². The average molecular weight is 281 g/mol. The Kier molecular flexibility index (Phi) is 5.16. The van der Waals surface area contributed by atoms with Crippen molar-refractivity contribution < 1.29 is 9.53 Å². The molecule has 1 amide bonds. The van der Waals surface area contributed by atoms with E-state index in [0.29, 0.717) is 0 Å². The summed E-state index contributed by atoms with van der Waals surface area (Å²) in [4.78, 5) is 11.9. The number of benzene rings is 2. The molecule has 2 rings (SSSR count). The first-order valence-corrected chi connectivity index (χ1v) is 6.87. The van der Waals surface area contributed by atoms with Gasteiger partial charge in [0.05, 0.1) is 0 Å². The predicted octanol–water partition coefficient (Wildman–Crippen LogP) is 3.74. The van der Waals surface area contributed by atoms with Gasteiger partial charge in [-0.3, -0.25) is 4.79 Å². The molecule has 0 aliphatic rings. The summed E-state index contributed by atoms with van der Waals surface area (Å²) >= 11 is 0. The van der Waals surface area contributed by atoms with Crippen LogP contribution in [0.3, 0.4) is 0 Å². The number of hydrogen-bond donors (Lipinski definition) is 1. The molecule has 0 radical (unpaired) electrons. The molecule has 0 heterocycles. The first kappa shape index (κ1) is 14.9. The van der Waals surface area contributed by atoms with Gasteiger partial charge in [-0.1, -0.05) is 42.0 Å². The Morgan fingerprint density at radius 2 is 1.90 bits per heavy atom. The third-order valence-electron chi connectivity index (χ3n) is 3.03. The zero-order chi connectivity index (χ0) is 15.1. The highest BCUT2D eigenvalue weighted by Crippen LogP contribution is 2.18. The van der Waals surface area contributed by atoms with E-state index in [1.54, 1.807) is 0 Å². The van der Waals surface area contributed by atoms with Gasteiger partial charge in [-0.25, -0.2) is 0 Å². The largest absolute Gasteiger partial charge is 0.483 e. The lowest BCUT2D eigenvalue weighted by atomic mass is 10.1. The number of aryl methyl sites for hydroxylation is 1. The van der Waals surface area contributed by atoms with E-state index in [2.05, 4.69) is 11.9 Å². The molecule has 3 nitrogen and oxygen atoms in total. The number of allylic oxidation sites excluding steroid dienone is 1. The van der Waals surface area contributed by atoms with Crippen molar-refractivity contribution in [2.75, 3.05) is 11.9 Å². The molecule has 0 fully saturated rings. The smallest absolute Gasteiger partial charge is 0.262 e. The molecular weight excluding hydrogens is 262 g/mol. The van der Waals surface area contributed by atoms with E-state index in [4.69, 9.17) is 4.74 Å². The zero-order valence-electron chi connectivity index (χ0n) is 12.1. The predicted molar refractivity (Wildman–Crippen MR) is 85.6 cm³/mol. The molecule has 2 aromatic rings. The minimum Gasteiger partial charge on any atom is -0.483 e. The summed E-state index contributed by atoms with van der Waals surface area (Å²) in [7, 11) is 0. The standard InChI is InChI=1S/C18H19NO2/c1-3-6-15-7-4-5-8-17(15)21-13-18(20)19-16-11-9-14(2)10-12-16/h3-5,7-12H,1,6,13H2,2H3,(H,19,20). The van der Waals surface area contributed by atoms with Crippen LogP contribution in [0.25, 0.3) is 0 Å². The quantitative estimate of drug-likeness (QED) is 0.819. The number of carbonyl (C=O) groups is 1. The molecule has 0 saturated heterocycles. The number of nitrogens with one attached hydrogen (secondary N) is 1. The third kappa shape index (κ3) is 4.49. The van der Waals surface area contributed by atoms with Crippen LogP contribution in [0.5, 0.6) is 5.75 Å². The van der Waals surface area contributed by atoms with Crippen molar-refractivity contribution in [3.63, 3.8) is 0 Å². The number of rotatable bonds is 6. The zero-order valence-corrected chi connectivity index (χ0v) is 12.1. The van der Waals surface area contributed by atoms with Crippen LogP contribution in [0.1, 0.15) is 11.1 Å². The van der Waals surface area contributed by atoms with E-state index < -0.39 is 0 Å². The van der Waals surface area contributed by atoms with E-state index in [1.807, 2.05) is 61.5 Å². The first-order chi connectivity index (χ1) is 10.2. The van der Waals surface area contributed by atoms with E-state index in [1.165, 1.54) is 0 Å². The van der Waals surface area contributed by atoms with Crippen molar-refractivity contribution in [1.29, 1.82) is 0 Å². The second kappa shape index (κ2) is 7.29. The van der Waals surface area contributed by atoms with Crippen LogP contribution in [0.2, 0.25) is 0 Å². The first-order valence-electron chi connectivity index (χ1n) is 6.87. The molecule has 0 aromatic heterocycles. The van der Waals surface area contributed by atoms with Gasteiger partial charge in [-0.2, -0.15) is 0 Å². The Morgan fingerprint density at radius 1 is 1.19 bits per heavy atom. The number of ether oxygens (including phenoxy) is 1. The maximum atomic E-state index is 11.9. The second-order valence-electron chi connectivity index (χ2n) is 4.80. The number of amides is 1. The number of anilines is 1. The second-order valence-corrected chi connectivity index (χ2v) is 4.80. The van der Waals surface area contributed by atoms with Gasteiger partial charge in [0.25, 0.3) is 5.91 Å². The number of para-hydroxylation sites is 1. The Labute approximate surface area is 125 Å². The molecule has 21 heavy (non-hydrogen) atoms. The fourth-order valence-corrected chi connectivity index (χ4v) is 1.95. The fourth-order valence-electron chi connectivity index (χ4n) is 1.95. The summed E-state index contributed by atoms with van der Waals surface area (Å²) in [6, 6.07) is 15.3. The van der Waals surface area contributed by atoms with Crippen molar-refractivity contribution in [3.8, 4) is 5.75 Å². The van der Waals surface area contributed by atoms with Crippen molar-refractivity contribution in [2.24, 2.45) is 0 Å². The van der Waals surface area contributed by atoms with E-state index >= 15 is 0 Å². The topological polar surface area (TPSA) is 38.3 Å². The minimum absolute atomic E-state index is 0.0119. The molecule has 3 heteroatoms. The fraction of sp³-hybridized carbons (Fsp3) is 0.167. The molecule has 0 saturated carbocycles. The van der Waals surface area contributed by atoms with Gasteiger partial charge >= 0.3 is 0 Å². The molecule has 0 aliphatic heterocycles. The normalized spacial score (nSPS) is 9.95. The lowest BCUT2D eigenvalue weighted by molar-refractivity contribution is -0.118. The van der Waals surface area contributed by atoms with Crippen LogP contribution >= 0.6 is 0 Å². The molecule has 2 aromatic carbocycles. The highest BCUT2D eigenvalue weighted by Gasteiger charge is 2.06. The molecule has 0 aliphatic carbocycles. The monoisotopic (exact) mass is 281 g/mol. The Morgan fingerprint density at radius 3 is 2.62 bits per heavy atom.